The minimum absolute atomic E-state index is 0.103. The summed E-state index contributed by atoms with van der Waals surface area (Å²) in [5.41, 5.74) is 0. The zero-order valence-corrected chi connectivity index (χ0v) is 11.8. The summed E-state index contributed by atoms with van der Waals surface area (Å²) in [5, 5.41) is 21.3. The molecule has 2 aliphatic rings. The fourth-order valence-electron chi connectivity index (χ4n) is 3.23. The zero-order valence-electron chi connectivity index (χ0n) is 11.8. The Kier molecular flexibility index (Phi) is 5.23. The van der Waals surface area contributed by atoms with Crippen molar-refractivity contribution in [2.45, 2.75) is 57.1 Å². The molecule has 0 aromatic heterocycles. The van der Waals surface area contributed by atoms with Gasteiger partial charge in [-0.15, -0.1) is 0 Å². The average molecular weight is 284 g/mol. The number of β-amino-alcohol motifs (C(OH)–C–C–N with tert-alkyl or cyclic N) is 1. The molecule has 1 saturated carbocycles. The van der Waals surface area contributed by atoms with Crippen LogP contribution in [0.15, 0.2) is 0 Å². The van der Waals surface area contributed by atoms with Gasteiger partial charge in [-0.25, -0.2) is 9.59 Å². The Labute approximate surface area is 119 Å². The van der Waals surface area contributed by atoms with E-state index in [9.17, 15) is 14.7 Å². The lowest BCUT2D eigenvalue weighted by molar-refractivity contribution is -0.141. The molecule has 6 heteroatoms. The molecule has 1 aliphatic heterocycles. The highest BCUT2D eigenvalue weighted by molar-refractivity contribution is 5.83. The standard InChI is InChI=1S/C14H24N2O4/c17-11-8-12(13(18)19)16(9-11)14(20)15-7-6-10-4-2-1-3-5-10/h10-12,17H,1-9H2,(H,15,20)(H,18,19)/t11-,12-/m0/s1. The highest BCUT2D eigenvalue weighted by Gasteiger charge is 2.38. The molecule has 2 atom stereocenters. The van der Waals surface area contributed by atoms with Crippen molar-refractivity contribution >= 4 is 12.0 Å². The summed E-state index contributed by atoms with van der Waals surface area (Å²) in [5.74, 6) is -0.368. The number of carbonyl (C=O) groups excluding carboxylic acids is 1. The van der Waals surface area contributed by atoms with Crippen molar-refractivity contribution in [3.05, 3.63) is 0 Å². The Balaban J connectivity index is 1.74. The van der Waals surface area contributed by atoms with Crippen LogP contribution in [0.4, 0.5) is 4.79 Å². The Bertz CT molecular complexity index is 355. The van der Waals surface area contributed by atoms with Crippen LogP contribution in [0.25, 0.3) is 0 Å². The maximum absolute atomic E-state index is 12.0. The third-order valence-corrected chi connectivity index (χ3v) is 4.38. The van der Waals surface area contributed by atoms with Crippen molar-refractivity contribution < 1.29 is 19.8 Å². The number of amides is 2. The number of carboxylic acid groups (broad SMARTS) is 1. The molecule has 0 aromatic carbocycles. The minimum atomic E-state index is -1.05. The van der Waals surface area contributed by atoms with Gasteiger partial charge < -0.3 is 20.4 Å². The first-order valence-electron chi connectivity index (χ1n) is 7.53. The van der Waals surface area contributed by atoms with E-state index < -0.39 is 18.1 Å². The first-order chi connectivity index (χ1) is 9.58. The Morgan fingerprint density at radius 3 is 2.55 bits per heavy atom. The predicted octanol–water partition coefficient (Wildman–Crippen LogP) is 1.19. The van der Waals surface area contributed by atoms with Crippen LogP contribution in [0.3, 0.4) is 0 Å². The fourth-order valence-corrected chi connectivity index (χ4v) is 3.23. The number of carbonyl (C=O) groups is 2. The van der Waals surface area contributed by atoms with E-state index in [1.165, 1.54) is 37.0 Å². The molecule has 0 unspecified atom stereocenters. The molecule has 2 rings (SSSR count). The van der Waals surface area contributed by atoms with Crippen molar-refractivity contribution in [1.29, 1.82) is 0 Å². The summed E-state index contributed by atoms with van der Waals surface area (Å²) < 4.78 is 0. The second-order valence-corrected chi connectivity index (χ2v) is 5.92. The van der Waals surface area contributed by atoms with Crippen molar-refractivity contribution in [2.75, 3.05) is 13.1 Å². The number of likely N-dealkylation sites (tertiary alicyclic amines) is 1. The minimum Gasteiger partial charge on any atom is -0.480 e. The Morgan fingerprint density at radius 1 is 1.20 bits per heavy atom. The molecular formula is C14H24N2O4. The molecule has 6 nitrogen and oxygen atoms in total. The summed E-state index contributed by atoms with van der Waals surface area (Å²) in [6.07, 6.45) is 6.67. The SMILES string of the molecule is O=C(O)[C@@H]1C[C@H](O)CN1C(=O)NCCC1CCCCC1. The number of aliphatic carboxylic acids is 1. The van der Waals surface area contributed by atoms with E-state index in [0.29, 0.717) is 12.5 Å². The quantitative estimate of drug-likeness (QED) is 0.723. The number of aliphatic hydroxyl groups excluding tert-OH is 1. The second-order valence-electron chi connectivity index (χ2n) is 5.92. The van der Waals surface area contributed by atoms with Gasteiger partial charge in [-0.2, -0.15) is 0 Å². The monoisotopic (exact) mass is 284 g/mol. The number of carboxylic acids is 1. The molecule has 2 fully saturated rings. The van der Waals surface area contributed by atoms with E-state index in [-0.39, 0.29) is 19.0 Å². The van der Waals surface area contributed by atoms with E-state index in [1.54, 1.807) is 0 Å². The van der Waals surface area contributed by atoms with Crippen molar-refractivity contribution in [3.63, 3.8) is 0 Å². The number of nitrogens with zero attached hydrogens (tertiary/aromatic N) is 1. The molecule has 0 radical (unpaired) electrons. The molecule has 1 aliphatic carbocycles. The number of urea groups is 1. The van der Waals surface area contributed by atoms with Crippen LogP contribution in [-0.2, 0) is 4.79 Å². The highest BCUT2D eigenvalue weighted by Crippen LogP contribution is 2.25. The largest absolute Gasteiger partial charge is 0.480 e. The summed E-state index contributed by atoms with van der Waals surface area (Å²) in [4.78, 5) is 24.3. The lowest BCUT2D eigenvalue weighted by Crippen LogP contribution is -2.46. The van der Waals surface area contributed by atoms with Gasteiger partial charge in [-0.3, -0.25) is 0 Å². The van der Waals surface area contributed by atoms with Crippen LogP contribution in [0.1, 0.15) is 44.9 Å². The van der Waals surface area contributed by atoms with Crippen LogP contribution >= 0.6 is 0 Å². The average Bonchev–Trinajstić information content (AvgIpc) is 2.82. The smallest absolute Gasteiger partial charge is 0.326 e. The molecule has 0 spiro atoms. The number of rotatable bonds is 4. The number of hydrogen-bond acceptors (Lipinski definition) is 3. The predicted molar refractivity (Wildman–Crippen MR) is 73.3 cm³/mol. The molecule has 114 valence electrons. The van der Waals surface area contributed by atoms with Crippen molar-refractivity contribution in [1.82, 2.24) is 10.2 Å². The van der Waals surface area contributed by atoms with Gasteiger partial charge in [0, 0.05) is 19.5 Å². The highest BCUT2D eigenvalue weighted by atomic mass is 16.4. The van der Waals surface area contributed by atoms with E-state index in [2.05, 4.69) is 5.32 Å². The van der Waals surface area contributed by atoms with Gasteiger partial charge in [0.2, 0.25) is 0 Å². The third-order valence-electron chi connectivity index (χ3n) is 4.38. The topological polar surface area (TPSA) is 89.9 Å². The maximum Gasteiger partial charge on any atom is 0.326 e. The number of hydrogen-bond donors (Lipinski definition) is 3. The van der Waals surface area contributed by atoms with Crippen molar-refractivity contribution in [3.8, 4) is 0 Å². The van der Waals surface area contributed by atoms with Gasteiger partial charge in [0.25, 0.3) is 0 Å². The molecular weight excluding hydrogens is 260 g/mol. The molecule has 20 heavy (non-hydrogen) atoms. The van der Waals surface area contributed by atoms with E-state index >= 15 is 0 Å². The van der Waals surface area contributed by atoms with Gasteiger partial charge in [0.05, 0.1) is 6.10 Å². The van der Waals surface area contributed by atoms with Crippen LogP contribution in [0, 0.1) is 5.92 Å². The van der Waals surface area contributed by atoms with Crippen LogP contribution < -0.4 is 5.32 Å². The van der Waals surface area contributed by atoms with Gasteiger partial charge in [-0.1, -0.05) is 32.1 Å². The normalized spacial score (nSPS) is 27.6. The number of nitrogens with one attached hydrogen (secondary N) is 1. The van der Waals surface area contributed by atoms with Crippen LogP contribution in [0.2, 0.25) is 0 Å². The molecule has 1 saturated heterocycles. The molecule has 0 aromatic rings. The van der Waals surface area contributed by atoms with E-state index in [0.717, 1.165) is 6.42 Å². The van der Waals surface area contributed by atoms with Gasteiger partial charge >= 0.3 is 12.0 Å². The summed E-state index contributed by atoms with van der Waals surface area (Å²) in [6.45, 7) is 0.689. The summed E-state index contributed by atoms with van der Waals surface area (Å²) in [6, 6.07) is -1.27. The third kappa shape index (κ3) is 3.85. The second kappa shape index (κ2) is 6.92. The molecule has 2 amide bonds. The number of aliphatic hydroxyl groups is 1. The van der Waals surface area contributed by atoms with Gasteiger partial charge in [0.15, 0.2) is 0 Å². The fraction of sp³-hybridized carbons (Fsp3) is 0.857. The first-order valence-corrected chi connectivity index (χ1v) is 7.53. The van der Waals surface area contributed by atoms with Crippen molar-refractivity contribution in [2.24, 2.45) is 5.92 Å². The zero-order chi connectivity index (χ0) is 14.5. The molecule has 3 N–H and O–H groups in total. The van der Waals surface area contributed by atoms with Crippen LogP contribution in [0.5, 0.6) is 0 Å². The lowest BCUT2D eigenvalue weighted by Gasteiger charge is -2.24. The Morgan fingerprint density at radius 2 is 1.90 bits per heavy atom. The Hall–Kier alpha value is -1.30. The summed E-state index contributed by atoms with van der Waals surface area (Å²) >= 11 is 0. The van der Waals surface area contributed by atoms with E-state index in [1.807, 2.05) is 0 Å². The molecule has 1 heterocycles. The molecule has 0 bridgehead atoms. The van der Waals surface area contributed by atoms with Crippen LogP contribution in [-0.4, -0.2) is 52.3 Å². The maximum atomic E-state index is 12.0. The first kappa shape index (κ1) is 15.1. The summed E-state index contributed by atoms with van der Waals surface area (Å²) in [7, 11) is 0. The van der Waals surface area contributed by atoms with Gasteiger partial charge in [-0.05, 0) is 12.3 Å². The van der Waals surface area contributed by atoms with E-state index in [4.69, 9.17) is 5.11 Å². The lowest BCUT2D eigenvalue weighted by atomic mass is 9.87. The van der Waals surface area contributed by atoms with Gasteiger partial charge in [0.1, 0.15) is 6.04 Å².